The summed E-state index contributed by atoms with van der Waals surface area (Å²) in [6.07, 6.45) is 3.17. The van der Waals surface area contributed by atoms with Crippen LogP contribution in [0.2, 0.25) is 0 Å². The van der Waals surface area contributed by atoms with E-state index in [4.69, 9.17) is 14.7 Å². The standard InChI is InChI=1S/C14H13BN2O3/c1-10(8-16)3-6-14(17-2)20-12-4-5-13-11(7-12)9-19-15(13)18/h3-7,18H,2,9H2,1H3/b10-3+,14-6+. The van der Waals surface area contributed by atoms with E-state index in [1.807, 2.05) is 6.07 Å². The van der Waals surface area contributed by atoms with Gasteiger partial charge in [-0.2, -0.15) is 5.26 Å². The van der Waals surface area contributed by atoms with Gasteiger partial charge in [0.15, 0.2) is 0 Å². The summed E-state index contributed by atoms with van der Waals surface area (Å²) < 4.78 is 10.7. The number of allylic oxidation sites excluding steroid dienone is 3. The van der Waals surface area contributed by atoms with Crippen molar-refractivity contribution in [1.29, 1.82) is 5.26 Å². The van der Waals surface area contributed by atoms with Gasteiger partial charge in [0.2, 0.25) is 5.88 Å². The number of fused-ring (bicyclic) bond motifs is 1. The minimum Gasteiger partial charge on any atom is -0.439 e. The molecule has 0 fully saturated rings. The number of nitriles is 1. The predicted octanol–water partition coefficient (Wildman–Crippen LogP) is 1.29. The van der Waals surface area contributed by atoms with Crippen LogP contribution in [-0.4, -0.2) is 18.9 Å². The molecule has 0 atom stereocenters. The third-order valence-corrected chi connectivity index (χ3v) is 2.81. The van der Waals surface area contributed by atoms with Crippen molar-refractivity contribution in [1.82, 2.24) is 0 Å². The molecule has 6 heteroatoms. The molecule has 1 heterocycles. The maximum atomic E-state index is 9.53. The molecule has 0 unspecified atom stereocenters. The molecule has 1 N–H and O–H groups in total. The molecule has 0 aromatic heterocycles. The zero-order valence-corrected chi connectivity index (χ0v) is 11.0. The Hall–Kier alpha value is -2.36. The highest BCUT2D eigenvalue weighted by atomic mass is 16.5. The van der Waals surface area contributed by atoms with Crippen LogP contribution >= 0.6 is 0 Å². The van der Waals surface area contributed by atoms with E-state index in [1.54, 1.807) is 37.3 Å². The van der Waals surface area contributed by atoms with Crippen LogP contribution in [0.3, 0.4) is 0 Å². The fourth-order valence-corrected chi connectivity index (χ4v) is 1.74. The van der Waals surface area contributed by atoms with Gasteiger partial charge < -0.3 is 14.4 Å². The molecule has 1 aromatic carbocycles. The van der Waals surface area contributed by atoms with Crippen LogP contribution in [0, 0.1) is 11.3 Å². The third kappa shape index (κ3) is 3.15. The second-order valence-electron chi connectivity index (χ2n) is 4.25. The van der Waals surface area contributed by atoms with Crippen LogP contribution in [0.5, 0.6) is 5.75 Å². The summed E-state index contributed by atoms with van der Waals surface area (Å²) >= 11 is 0. The zero-order chi connectivity index (χ0) is 14.5. The van der Waals surface area contributed by atoms with E-state index in [0.717, 1.165) is 11.0 Å². The fourth-order valence-electron chi connectivity index (χ4n) is 1.74. The topological polar surface area (TPSA) is 74.8 Å². The van der Waals surface area contributed by atoms with Gasteiger partial charge in [0.25, 0.3) is 0 Å². The lowest BCUT2D eigenvalue weighted by atomic mass is 9.80. The van der Waals surface area contributed by atoms with Crippen LogP contribution in [0.15, 0.2) is 46.8 Å². The fraction of sp³-hybridized carbons (Fsp3) is 0.143. The van der Waals surface area contributed by atoms with Crippen molar-refractivity contribution in [3.8, 4) is 11.8 Å². The average Bonchev–Trinajstić information content (AvgIpc) is 2.84. The van der Waals surface area contributed by atoms with Gasteiger partial charge in [-0.25, -0.2) is 4.99 Å². The molecule has 0 amide bonds. The van der Waals surface area contributed by atoms with Crippen molar-refractivity contribution in [3.63, 3.8) is 0 Å². The highest BCUT2D eigenvalue weighted by Crippen LogP contribution is 2.19. The molecule has 1 aromatic rings. The lowest BCUT2D eigenvalue weighted by Gasteiger charge is -2.06. The van der Waals surface area contributed by atoms with Gasteiger partial charge in [-0.3, -0.25) is 0 Å². The van der Waals surface area contributed by atoms with E-state index in [0.29, 0.717) is 23.8 Å². The van der Waals surface area contributed by atoms with Crippen LogP contribution in [0.1, 0.15) is 12.5 Å². The van der Waals surface area contributed by atoms with Gasteiger partial charge in [0, 0.05) is 11.6 Å². The molecule has 0 saturated heterocycles. The van der Waals surface area contributed by atoms with Gasteiger partial charge >= 0.3 is 7.12 Å². The van der Waals surface area contributed by atoms with Crippen molar-refractivity contribution in [2.75, 3.05) is 0 Å². The predicted molar refractivity (Wildman–Crippen MR) is 76.5 cm³/mol. The Morgan fingerprint density at radius 1 is 1.60 bits per heavy atom. The molecular formula is C14H13BN2O3. The first-order chi connectivity index (χ1) is 9.63. The molecular weight excluding hydrogens is 255 g/mol. The van der Waals surface area contributed by atoms with Crippen molar-refractivity contribution >= 4 is 19.3 Å². The number of rotatable bonds is 4. The Morgan fingerprint density at radius 3 is 3.10 bits per heavy atom. The summed E-state index contributed by atoms with van der Waals surface area (Å²) in [5, 5.41) is 18.2. The van der Waals surface area contributed by atoms with E-state index >= 15 is 0 Å². The minimum absolute atomic E-state index is 0.291. The summed E-state index contributed by atoms with van der Waals surface area (Å²) in [5.74, 6) is 0.863. The summed E-state index contributed by atoms with van der Waals surface area (Å²) in [6, 6.07) is 7.25. The lowest BCUT2D eigenvalue weighted by Crippen LogP contribution is -2.27. The van der Waals surface area contributed by atoms with Crippen LogP contribution < -0.4 is 10.2 Å². The SMILES string of the molecule is C=N/C(=C\C=C(/C)C#N)Oc1ccc2c(c1)COB2O. The number of nitrogens with zero attached hydrogens (tertiary/aromatic N) is 2. The van der Waals surface area contributed by atoms with Gasteiger partial charge in [0.05, 0.1) is 12.7 Å². The van der Waals surface area contributed by atoms with Gasteiger partial charge in [-0.05, 0) is 42.9 Å². The number of hydrogen-bond acceptors (Lipinski definition) is 5. The lowest BCUT2D eigenvalue weighted by molar-refractivity contribution is 0.275. The molecule has 2 rings (SSSR count). The summed E-state index contributed by atoms with van der Waals surface area (Å²) in [7, 11) is -0.868. The quantitative estimate of drug-likeness (QED) is 0.293. The molecule has 0 spiro atoms. The first kappa shape index (κ1) is 14.1. The molecule has 0 bridgehead atoms. The van der Waals surface area contributed by atoms with E-state index < -0.39 is 7.12 Å². The average molecular weight is 268 g/mol. The van der Waals surface area contributed by atoms with Crippen molar-refractivity contribution < 1.29 is 14.4 Å². The summed E-state index contributed by atoms with van der Waals surface area (Å²) in [5.41, 5.74) is 2.16. The highest BCUT2D eigenvalue weighted by molar-refractivity contribution is 6.61. The smallest absolute Gasteiger partial charge is 0.439 e. The monoisotopic (exact) mass is 268 g/mol. The molecule has 100 valence electrons. The van der Waals surface area contributed by atoms with E-state index in [9.17, 15) is 5.02 Å². The Kier molecular flexibility index (Phi) is 4.36. The number of benzene rings is 1. The number of aliphatic imine (C=N–C) groups is 1. The Labute approximate surface area is 117 Å². The molecule has 20 heavy (non-hydrogen) atoms. The van der Waals surface area contributed by atoms with Crippen molar-refractivity contribution in [2.24, 2.45) is 4.99 Å². The van der Waals surface area contributed by atoms with Crippen LogP contribution in [0.25, 0.3) is 0 Å². The van der Waals surface area contributed by atoms with Crippen LogP contribution in [-0.2, 0) is 11.3 Å². The maximum Gasteiger partial charge on any atom is 0.491 e. The molecule has 5 nitrogen and oxygen atoms in total. The van der Waals surface area contributed by atoms with Crippen molar-refractivity contribution in [2.45, 2.75) is 13.5 Å². The first-order valence-electron chi connectivity index (χ1n) is 6.00. The highest BCUT2D eigenvalue weighted by Gasteiger charge is 2.27. The molecule has 1 aliphatic rings. The van der Waals surface area contributed by atoms with Crippen molar-refractivity contribution in [3.05, 3.63) is 47.4 Å². The summed E-state index contributed by atoms with van der Waals surface area (Å²) in [6.45, 7) is 5.46. The summed E-state index contributed by atoms with van der Waals surface area (Å²) in [4.78, 5) is 3.75. The molecule has 0 aliphatic carbocycles. The minimum atomic E-state index is -0.868. The third-order valence-electron chi connectivity index (χ3n) is 2.81. The second-order valence-corrected chi connectivity index (χ2v) is 4.25. The van der Waals surface area contributed by atoms with Gasteiger partial charge in [0.1, 0.15) is 5.75 Å². The first-order valence-corrected chi connectivity index (χ1v) is 6.00. The zero-order valence-electron chi connectivity index (χ0n) is 11.0. The normalized spacial score (nSPS) is 14.8. The molecule has 1 aliphatic heterocycles. The van der Waals surface area contributed by atoms with Gasteiger partial charge in [-0.15, -0.1) is 0 Å². The Morgan fingerprint density at radius 2 is 2.40 bits per heavy atom. The largest absolute Gasteiger partial charge is 0.491 e. The maximum absolute atomic E-state index is 9.53. The number of hydrogen-bond donors (Lipinski definition) is 1. The van der Waals surface area contributed by atoms with Crippen LogP contribution in [0.4, 0.5) is 0 Å². The van der Waals surface area contributed by atoms with E-state index in [1.165, 1.54) is 0 Å². The Bertz CT molecular complexity index is 632. The second kappa shape index (κ2) is 6.19. The van der Waals surface area contributed by atoms with Gasteiger partial charge in [-0.1, -0.05) is 6.07 Å². The van der Waals surface area contributed by atoms with E-state index in [-0.39, 0.29) is 0 Å². The molecule has 0 saturated carbocycles. The number of ether oxygens (including phenoxy) is 1. The Balaban J connectivity index is 2.17. The van der Waals surface area contributed by atoms with E-state index in [2.05, 4.69) is 11.7 Å². The molecule has 0 radical (unpaired) electrons.